The highest BCUT2D eigenvalue weighted by Gasteiger charge is 2.36. The molecule has 1 atom stereocenters. The second kappa shape index (κ2) is 7.72. The first kappa shape index (κ1) is 20.0. The van der Waals surface area contributed by atoms with Crippen LogP contribution in [0.5, 0.6) is 0 Å². The number of aromatic nitrogens is 3. The first-order chi connectivity index (χ1) is 16.1. The molecule has 8 heteroatoms. The minimum absolute atomic E-state index is 0.230. The topological polar surface area (TPSA) is 84.1 Å². The van der Waals surface area contributed by atoms with Crippen LogP contribution in [-0.2, 0) is 11.2 Å². The van der Waals surface area contributed by atoms with E-state index in [1.54, 1.807) is 10.6 Å². The smallest absolute Gasteiger partial charge is 0.347 e. The summed E-state index contributed by atoms with van der Waals surface area (Å²) in [7, 11) is 0. The van der Waals surface area contributed by atoms with Crippen molar-refractivity contribution in [2.75, 3.05) is 13.1 Å². The SMILES string of the molecule is O=C(C1CC1)N1CCC(Cc2n[nH]c(=O)n2-c2ccc(-c3cc(F)c4occc4c3)cc2)C1. The molecule has 1 aliphatic carbocycles. The van der Waals surface area contributed by atoms with Crippen LogP contribution in [0.4, 0.5) is 4.39 Å². The van der Waals surface area contributed by atoms with Crippen LogP contribution in [0.2, 0.25) is 0 Å². The molecule has 3 heterocycles. The normalized spacial score (nSPS) is 18.3. The van der Waals surface area contributed by atoms with Crippen LogP contribution in [0.25, 0.3) is 27.8 Å². The zero-order valence-electron chi connectivity index (χ0n) is 18.0. The fraction of sp³-hybridized carbons (Fsp3) is 0.320. The van der Waals surface area contributed by atoms with Crippen LogP contribution in [0, 0.1) is 17.7 Å². The average Bonchev–Trinajstić information content (AvgIpc) is 3.19. The van der Waals surface area contributed by atoms with Crippen molar-refractivity contribution in [1.29, 1.82) is 0 Å². The Hall–Kier alpha value is -3.68. The number of nitrogens with zero attached hydrogens (tertiary/aromatic N) is 3. The van der Waals surface area contributed by atoms with E-state index in [0.29, 0.717) is 23.3 Å². The second-order valence-corrected chi connectivity index (χ2v) is 9.04. The summed E-state index contributed by atoms with van der Waals surface area (Å²) in [6, 6.07) is 12.5. The molecular formula is C25H23FN4O3. The van der Waals surface area contributed by atoms with Gasteiger partial charge in [0.2, 0.25) is 5.91 Å². The molecule has 1 unspecified atom stereocenters. The van der Waals surface area contributed by atoms with Gasteiger partial charge in [-0.1, -0.05) is 12.1 Å². The van der Waals surface area contributed by atoms with Crippen molar-refractivity contribution in [2.45, 2.75) is 25.7 Å². The number of nitrogens with one attached hydrogen (secondary N) is 1. The van der Waals surface area contributed by atoms with Gasteiger partial charge in [-0.05, 0) is 66.6 Å². The summed E-state index contributed by atoms with van der Waals surface area (Å²) in [6.45, 7) is 1.50. The number of benzene rings is 2. The van der Waals surface area contributed by atoms with Crippen LogP contribution in [0.3, 0.4) is 0 Å². The Kier molecular flexibility index (Phi) is 4.67. The zero-order valence-corrected chi connectivity index (χ0v) is 18.0. The van der Waals surface area contributed by atoms with E-state index in [0.717, 1.165) is 43.5 Å². The quantitative estimate of drug-likeness (QED) is 0.504. The van der Waals surface area contributed by atoms with Gasteiger partial charge in [-0.25, -0.2) is 18.9 Å². The number of carbonyl (C=O) groups excluding carboxylic acids is 1. The third-order valence-electron chi connectivity index (χ3n) is 6.70. The minimum atomic E-state index is -0.407. The maximum absolute atomic E-state index is 14.3. The van der Waals surface area contributed by atoms with Gasteiger partial charge in [0.15, 0.2) is 11.4 Å². The number of likely N-dealkylation sites (tertiary alicyclic amines) is 1. The third-order valence-corrected chi connectivity index (χ3v) is 6.70. The predicted molar refractivity (Wildman–Crippen MR) is 120 cm³/mol. The van der Waals surface area contributed by atoms with Gasteiger partial charge in [0.25, 0.3) is 0 Å². The van der Waals surface area contributed by atoms with Gasteiger partial charge >= 0.3 is 5.69 Å². The Morgan fingerprint density at radius 3 is 2.73 bits per heavy atom. The number of carbonyl (C=O) groups is 1. The first-order valence-electron chi connectivity index (χ1n) is 11.3. The lowest BCUT2D eigenvalue weighted by Gasteiger charge is -2.16. The Morgan fingerprint density at radius 1 is 1.12 bits per heavy atom. The van der Waals surface area contributed by atoms with Crippen molar-refractivity contribution in [2.24, 2.45) is 11.8 Å². The van der Waals surface area contributed by atoms with E-state index >= 15 is 0 Å². The van der Waals surface area contributed by atoms with Crippen molar-refractivity contribution in [3.8, 4) is 16.8 Å². The molecule has 2 aromatic heterocycles. The highest BCUT2D eigenvalue weighted by Crippen LogP contribution is 2.33. The average molecular weight is 446 g/mol. The molecule has 1 saturated heterocycles. The summed E-state index contributed by atoms with van der Waals surface area (Å²) < 4.78 is 21.1. The lowest BCUT2D eigenvalue weighted by molar-refractivity contribution is -0.131. The lowest BCUT2D eigenvalue weighted by atomic mass is 10.0. The predicted octanol–water partition coefficient (Wildman–Crippen LogP) is 3.91. The summed E-state index contributed by atoms with van der Waals surface area (Å²) in [5.74, 6) is 1.04. The molecule has 33 heavy (non-hydrogen) atoms. The van der Waals surface area contributed by atoms with E-state index in [-0.39, 0.29) is 29.0 Å². The Labute approximate surface area is 188 Å². The second-order valence-electron chi connectivity index (χ2n) is 9.04. The number of H-pyrrole nitrogens is 1. The van der Waals surface area contributed by atoms with E-state index in [2.05, 4.69) is 10.2 Å². The molecule has 6 rings (SSSR count). The monoisotopic (exact) mass is 446 g/mol. The Balaban J connectivity index is 1.23. The fourth-order valence-corrected chi connectivity index (χ4v) is 4.79. The Morgan fingerprint density at radius 2 is 1.94 bits per heavy atom. The zero-order chi connectivity index (χ0) is 22.5. The van der Waals surface area contributed by atoms with Crippen LogP contribution >= 0.6 is 0 Å². The van der Waals surface area contributed by atoms with Gasteiger partial charge in [0.1, 0.15) is 5.82 Å². The van der Waals surface area contributed by atoms with E-state index in [4.69, 9.17) is 4.42 Å². The third kappa shape index (κ3) is 3.65. The number of fused-ring (bicyclic) bond motifs is 1. The largest absolute Gasteiger partial charge is 0.461 e. The molecule has 0 radical (unpaired) electrons. The van der Waals surface area contributed by atoms with E-state index in [1.165, 1.54) is 12.3 Å². The van der Waals surface area contributed by atoms with Crippen molar-refractivity contribution in [1.82, 2.24) is 19.7 Å². The number of hydrogen-bond acceptors (Lipinski definition) is 4. The highest BCUT2D eigenvalue weighted by atomic mass is 19.1. The van der Waals surface area contributed by atoms with Gasteiger partial charge in [0.05, 0.1) is 12.0 Å². The van der Waals surface area contributed by atoms with Crippen molar-refractivity contribution in [3.63, 3.8) is 0 Å². The van der Waals surface area contributed by atoms with Crippen LogP contribution in [-0.4, -0.2) is 38.7 Å². The molecule has 168 valence electrons. The molecule has 2 aromatic carbocycles. The number of halogens is 1. The first-order valence-corrected chi connectivity index (χ1v) is 11.3. The van der Waals surface area contributed by atoms with Crippen molar-refractivity contribution in [3.05, 3.63) is 70.9 Å². The van der Waals surface area contributed by atoms with Gasteiger partial charge in [-0.15, -0.1) is 0 Å². The molecule has 7 nitrogen and oxygen atoms in total. The molecule has 1 amide bonds. The molecule has 2 aliphatic rings. The molecule has 1 aliphatic heterocycles. The number of furan rings is 1. The maximum atomic E-state index is 14.3. The van der Waals surface area contributed by atoms with Gasteiger partial charge in [-0.2, -0.15) is 5.10 Å². The molecule has 1 N–H and O–H groups in total. The molecule has 2 fully saturated rings. The van der Waals surface area contributed by atoms with Gasteiger partial charge in [-0.3, -0.25) is 4.79 Å². The highest BCUT2D eigenvalue weighted by molar-refractivity contribution is 5.84. The van der Waals surface area contributed by atoms with Crippen LogP contribution < -0.4 is 5.69 Å². The number of aromatic amines is 1. The summed E-state index contributed by atoms with van der Waals surface area (Å²) in [5.41, 5.74) is 2.21. The van der Waals surface area contributed by atoms with E-state index in [9.17, 15) is 14.0 Å². The summed E-state index contributed by atoms with van der Waals surface area (Å²) >= 11 is 0. The number of rotatable bonds is 5. The summed E-state index contributed by atoms with van der Waals surface area (Å²) in [4.78, 5) is 26.8. The molecule has 4 aromatic rings. The van der Waals surface area contributed by atoms with E-state index < -0.39 is 5.82 Å². The van der Waals surface area contributed by atoms with Gasteiger partial charge in [0, 0.05) is 30.8 Å². The maximum Gasteiger partial charge on any atom is 0.347 e. The Bertz CT molecular complexity index is 1400. The summed E-state index contributed by atoms with van der Waals surface area (Å²) in [6.07, 6.45) is 5.03. The van der Waals surface area contributed by atoms with Crippen LogP contribution in [0.1, 0.15) is 25.1 Å². The minimum Gasteiger partial charge on any atom is -0.461 e. The molecular weight excluding hydrogens is 423 g/mol. The molecule has 1 saturated carbocycles. The lowest BCUT2D eigenvalue weighted by Crippen LogP contribution is -2.30. The summed E-state index contributed by atoms with van der Waals surface area (Å²) in [5, 5.41) is 7.52. The standard InChI is InChI=1S/C25H23FN4O3/c26-21-13-19(12-18-8-10-33-23(18)21)16-3-5-20(6-4-16)30-22(27-28-25(30)32)11-15-7-9-29(14-15)24(31)17-1-2-17/h3-6,8,10,12-13,15,17H,1-2,7,9,11,14H2,(H,28,32). The molecule has 0 bridgehead atoms. The molecule has 0 spiro atoms. The van der Waals surface area contributed by atoms with Crippen molar-refractivity contribution >= 4 is 16.9 Å². The number of amides is 1. The van der Waals surface area contributed by atoms with Crippen molar-refractivity contribution < 1.29 is 13.6 Å². The van der Waals surface area contributed by atoms with Gasteiger partial charge < -0.3 is 9.32 Å². The van der Waals surface area contributed by atoms with E-state index in [1.807, 2.05) is 35.2 Å². The number of hydrogen-bond donors (Lipinski definition) is 1. The fourth-order valence-electron chi connectivity index (χ4n) is 4.79. The van der Waals surface area contributed by atoms with Crippen LogP contribution in [0.15, 0.2) is 57.9 Å².